The van der Waals surface area contributed by atoms with Gasteiger partial charge in [0.15, 0.2) is 5.78 Å². The molecule has 0 N–H and O–H groups in total. The van der Waals surface area contributed by atoms with Gasteiger partial charge in [0.1, 0.15) is 0 Å². The Morgan fingerprint density at radius 1 is 1.15 bits per heavy atom. The van der Waals surface area contributed by atoms with Crippen molar-refractivity contribution in [3.05, 3.63) is 70.9 Å². The first-order valence-corrected chi connectivity index (χ1v) is 6.84. The predicted molar refractivity (Wildman–Crippen MR) is 82.4 cm³/mol. The molecule has 0 aliphatic rings. The number of hydrogen-bond donors (Lipinski definition) is 0. The third-order valence-corrected chi connectivity index (χ3v) is 3.69. The normalized spacial score (nSPS) is 10.9. The first-order chi connectivity index (χ1) is 9.65. The quantitative estimate of drug-likeness (QED) is 0.659. The van der Waals surface area contributed by atoms with Gasteiger partial charge in [0.05, 0.1) is 0 Å². The van der Waals surface area contributed by atoms with Crippen LogP contribution in [0.15, 0.2) is 54.7 Å². The molecule has 0 saturated heterocycles. The summed E-state index contributed by atoms with van der Waals surface area (Å²) in [5, 5.41) is 1.66. The van der Waals surface area contributed by atoms with E-state index in [1.165, 1.54) is 0 Å². The lowest BCUT2D eigenvalue weighted by Gasteiger charge is -2.01. The average Bonchev–Trinajstić information content (AvgIpc) is 2.77. The minimum Gasteiger partial charge on any atom is -0.350 e. The van der Waals surface area contributed by atoms with Gasteiger partial charge >= 0.3 is 0 Å². The first kappa shape index (κ1) is 12.9. The highest BCUT2D eigenvalue weighted by molar-refractivity contribution is 6.30. The number of hydrogen-bond acceptors (Lipinski definition) is 1. The summed E-state index contributed by atoms with van der Waals surface area (Å²) < 4.78 is 1.99. The molecule has 0 unspecified atom stereocenters. The highest BCUT2D eigenvalue weighted by Gasteiger charge is 2.14. The second-order valence-electron chi connectivity index (χ2n) is 4.90. The van der Waals surface area contributed by atoms with Gasteiger partial charge in [-0.15, -0.1) is 0 Å². The third kappa shape index (κ3) is 2.35. The van der Waals surface area contributed by atoms with Crippen LogP contribution in [0.5, 0.6) is 0 Å². The van der Waals surface area contributed by atoms with Gasteiger partial charge in [-0.2, -0.15) is 0 Å². The maximum atomic E-state index is 12.5. The van der Waals surface area contributed by atoms with Crippen LogP contribution in [0, 0.1) is 0 Å². The van der Waals surface area contributed by atoms with E-state index in [1.807, 2.05) is 66.3 Å². The molecule has 0 radical (unpaired) electrons. The molecule has 1 aromatic heterocycles. The Hall–Kier alpha value is -2.06. The van der Waals surface area contributed by atoms with Crippen LogP contribution in [0.3, 0.4) is 0 Å². The fraction of sp³-hybridized carbons (Fsp3) is 0.118. The number of rotatable bonds is 3. The van der Waals surface area contributed by atoms with Gasteiger partial charge in [0, 0.05) is 41.2 Å². The second-order valence-corrected chi connectivity index (χ2v) is 5.34. The summed E-state index contributed by atoms with van der Waals surface area (Å²) in [7, 11) is 1.96. The molecule has 2 nitrogen and oxygen atoms in total. The molecule has 0 bridgehead atoms. The fourth-order valence-corrected chi connectivity index (χ4v) is 2.70. The van der Waals surface area contributed by atoms with Crippen LogP contribution in [0.1, 0.15) is 15.9 Å². The molecule has 100 valence electrons. The summed E-state index contributed by atoms with van der Waals surface area (Å²) in [6.07, 6.45) is 2.27. The molecule has 1 heterocycles. The number of fused-ring (bicyclic) bond motifs is 1. The zero-order chi connectivity index (χ0) is 14.1. The van der Waals surface area contributed by atoms with Crippen molar-refractivity contribution < 1.29 is 4.79 Å². The van der Waals surface area contributed by atoms with Gasteiger partial charge in [0.25, 0.3) is 0 Å². The van der Waals surface area contributed by atoms with Crippen molar-refractivity contribution >= 4 is 28.3 Å². The molecule has 0 aliphatic carbocycles. The van der Waals surface area contributed by atoms with E-state index in [0.29, 0.717) is 11.4 Å². The number of carbonyl (C=O) groups excluding carboxylic acids is 1. The zero-order valence-corrected chi connectivity index (χ0v) is 11.9. The molecule has 20 heavy (non-hydrogen) atoms. The van der Waals surface area contributed by atoms with Gasteiger partial charge in [0.2, 0.25) is 0 Å². The topological polar surface area (TPSA) is 22.0 Å². The van der Waals surface area contributed by atoms with Crippen molar-refractivity contribution in [1.82, 2.24) is 4.57 Å². The van der Waals surface area contributed by atoms with Crippen LogP contribution < -0.4 is 0 Å². The number of aryl methyl sites for hydroxylation is 1. The van der Waals surface area contributed by atoms with E-state index in [0.717, 1.165) is 22.0 Å². The number of aromatic nitrogens is 1. The minimum atomic E-state index is 0.115. The van der Waals surface area contributed by atoms with Crippen molar-refractivity contribution in [2.45, 2.75) is 6.42 Å². The summed E-state index contributed by atoms with van der Waals surface area (Å²) in [6, 6.07) is 15.4. The van der Waals surface area contributed by atoms with Gasteiger partial charge in [-0.05, 0) is 23.8 Å². The number of para-hydroxylation sites is 1. The van der Waals surface area contributed by atoms with Crippen molar-refractivity contribution in [2.75, 3.05) is 0 Å². The molecule has 2 aromatic carbocycles. The molecule has 0 amide bonds. The summed E-state index contributed by atoms with van der Waals surface area (Å²) >= 11 is 5.96. The lowest BCUT2D eigenvalue weighted by Crippen LogP contribution is -2.02. The molecular weight excluding hydrogens is 270 g/mol. The maximum Gasteiger partial charge on any atom is 0.169 e. The Morgan fingerprint density at radius 3 is 2.75 bits per heavy atom. The second kappa shape index (κ2) is 5.14. The van der Waals surface area contributed by atoms with Crippen molar-refractivity contribution in [2.24, 2.45) is 7.05 Å². The highest BCUT2D eigenvalue weighted by Crippen LogP contribution is 2.22. The standard InChI is InChI=1S/C17H14ClNO/c1-19-11-15(14-7-2-3-8-16(14)19)17(20)10-12-5-4-6-13(18)9-12/h2-9,11H,10H2,1H3. The molecule has 3 aromatic rings. The number of nitrogens with zero attached hydrogens (tertiary/aromatic N) is 1. The smallest absolute Gasteiger partial charge is 0.169 e. The van der Waals surface area contributed by atoms with Crippen LogP contribution in [0.2, 0.25) is 5.02 Å². The summed E-state index contributed by atoms with van der Waals surface area (Å²) in [6.45, 7) is 0. The van der Waals surface area contributed by atoms with E-state index in [4.69, 9.17) is 11.6 Å². The Kier molecular flexibility index (Phi) is 3.33. The highest BCUT2D eigenvalue weighted by atomic mass is 35.5. The van der Waals surface area contributed by atoms with Crippen LogP contribution in [-0.4, -0.2) is 10.4 Å². The summed E-state index contributed by atoms with van der Waals surface area (Å²) in [5.74, 6) is 0.115. The van der Waals surface area contributed by atoms with Gasteiger partial charge in [-0.1, -0.05) is 41.9 Å². The lowest BCUT2D eigenvalue weighted by molar-refractivity contribution is 0.0994. The molecule has 0 spiro atoms. The Balaban J connectivity index is 1.97. The van der Waals surface area contributed by atoms with Gasteiger partial charge in [-0.3, -0.25) is 4.79 Å². The molecule has 3 heteroatoms. The van der Waals surface area contributed by atoms with E-state index in [9.17, 15) is 4.79 Å². The Labute approximate surface area is 122 Å². The first-order valence-electron chi connectivity index (χ1n) is 6.47. The third-order valence-electron chi connectivity index (χ3n) is 3.45. The average molecular weight is 284 g/mol. The number of benzene rings is 2. The van der Waals surface area contributed by atoms with Gasteiger partial charge in [-0.25, -0.2) is 0 Å². The molecule has 0 saturated carbocycles. The Bertz CT molecular complexity index is 789. The van der Waals surface area contributed by atoms with Crippen LogP contribution in [0.25, 0.3) is 10.9 Å². The van der Waals surface area contributed by atoms with Crippen molar-refractivity contribution in [3.63, 3.8) is 0 Å². The number of carbonyl (C=O) groups is 1. The van der Waals surface area contributed by atoms with E-state index < -0.39 is 0 Å². The predicted octanol–water partition coefficient (Wildman–Crippen LogP) is 4.26. The van der Waals surface area contributed by atoms with Crippen LogP contribution >= 0.6 is 11.6 Å². The maximum absolute atomic E-state index is 12.5. The monoisotopic (exact) mass is 283 g/mol. The fourth-order valence-electron chi connectivity index (χ4n) is 2.49. The van der Waals surface area contributed by atoms with Crippen LogP contribution in [-0.2, 0) is 13.5 Å². The van der Waals surface area contributed by atoms with Gasteiger partial charge < -0.3 is 4.57 Å². The molecule has 3 rings (SSSR count). The minimum absolute atomic E-state index is 0.115. The molecule has 0 aliphatic heterocycles. The van der Waals surface area contributed by atoms with E-state index >= 15 is 0 Å². The van der Waals surface area contributed by atoms with Crippen LogP contribution in [0.4, 0.5) is 0 Å². The van der Waals surface area contributed by atoms with Crippen molar-refractivity contribution in [3.8, 4) is 0 Å². The van der Waals surface area contributed by atoms with E-state index in [2.05, 4.69) is 0 Å². The lowest BCUT2D eigenvalue weighted by atomic mass is 10.0. The number of halogens is 1. The summed E-state index contributed by atoms with van der Waals surface area (Å²) in [5.41, 5.74) is 2.78. The summed E-state index contributed by atoms with van der Waals surface area (Å²) in [4.78, 5) is 12.5. The number of ketones is 1. The SMILES string of the molecule is Cn1cc(C(=O)Cc2cccc(Cl)c2)c2ccccc21. The number of Topliss-reactive ketones (excluding diaryl/α,β-unsaturated/α-hetero) is 1. The zero-order valence-electron chi connectivity index (χ0n) is 11.1. The molecule has 0 fully saturated rings. The Morgan fingerprint density at radius 2 is 1.95 bits per heavy atom. The molecular formula is C17H14ClNO. The van der Waals surface area contributed by atoms with E-state index in [1.54, 1.807) is 0 Å². The largest absolute Gasteiger partial charge is 0.350 e. The van der Waals surface area contributed by atoms with E-state index in [-0.39, 0.29) is 5.78 Å². The van der Waals surface area contributed by atoms with Crippen molar-refractivity contribution in [1.29, 1.82) is 0 Å². The molecule has 0 atom stereocenters.